The number of hydrogen-bond acceptors (Lipinski definition) is 4. The van der Waals surface area contributed by atoms with E-state index >= 15 is 0 Å². The minimum absolute atomic E-state index is 0.0184. The topological polar surface area (TPSA) is 71.5 Å². The molecule has 0 saturated heterocycles. The van der Waals surface area contributed by atoms with E-state index in [0.717, 1.165) is 24.6 Å². The highest BCUT2D eigenvalue weighted by Crippen LogP contribution is 2.27. The molecule has 2 atom stereocenters. The van der Waals surface area contributed by atoms with E-state index in [-0.39, 0.29) is 29.5 Å². The van der Waals surface area contributed by atoms with E-state index in [9.17, 15) is 9.90 Å². The second kappa shape index (κ2) is 5.69. The third kappa shape index (κ3) is 2.56. The van der Waals surface area contributed by atoms with Gasteiger partial charge in [-0.1, -0.05) is 24.3 Å². The van der Waals surface area contributed by atoms with Crippen molar-refractivity contribution >= 4 is 16.7 Å². The Balaban J connectivity index is 1.86. The summed E-state index contributed by atoms with van der Waals surface area (Å²) in [6.07, 6.45) is 4.50. The highest BCUT2D eigenvalue weighted by atomic mass is 16.5. The van der Waals surface area contributed by atoms with Gasteiger partial charge >= 0.3 is 0 Å². The molecule has 21 heavy (non-hydrogen) atoms. The number of hydrogen-bond donors (Lipinski definition) is 2. The van der Waals surface area contributed by atoms with Gasteiger partial charge < -0.3 is 15.2 Å². The summed E-state index contributed by atoms with van der Waals surface area (Å²) in [5.41, 5.74) is 0.0652. The minimum atomic E-state index is -0.354. The van der Waals surface area contributed by atoms with Crippen LogP contribution in [0.3, 0.4) is 0 Å². The lowest BCUT2D eigenvalue weighted by atomic mass is 10.1. The summed E-state index contributed by atoms with van der Waals surface area (Å²) in [7, 11) is 1.65. The van der Waals surface area contributed by atoms with Gasteiger partial charge in [0.25, 0.3) is 5.91 Å². The van der Waals surface area contributed by atoms with Gasteiger partial charge in [0, 0.05) is 24.1 Å². The summed E-state index contributed by atoms with van der Waals surface area (Å²) in [6, 6.07) is 7.29. The molecule has 1 saturated carbocycles. The van der Waals surface area contributed by atoms with E-state index in [1.54, 1.807) is 19.4 Å². The number of methoxy groups -OCH3 is 1. The van der Waals surface area contributed by atoms with Gasteiger partial charge in [-0.3, -0.25) is 4.79 Å². The third-order valence-electron chi connectivity index (χ3n) is 4.06. The number of aromatic nitrogens is 1. The van der Waals surface area contributed by atoms with E-state index in [1.165, 1.54) is 0 Å². The van der Waals surface area contributed by atoms with Crippen molar-refractivity contribution in [1.29, 1.82) is 0 Å². The molecule has 1 aliphatic carbocycles. The fraction of sp³-hybridized carbons (Fsp3) is 0.375. The maximum atomic E-state index is 12.3. The summed E-state index contributed by atoms with van der Waals surface area (Å²) in [5.74, 6) is -0.426. The van der Waals surface area contributed by atoms with Gasteiger partial charge in [-0.15, -0.1) is 0 Å². The molecule has 0 bridgehead atoms. The van der Waals surface area contributed by atoms with Crippen molar-refractivity contribution in [3.05, 3.63) is 36.2 Å². The molecular weight excluding hydrogens is 268 g/mol. The smallest absolute Gasteiger partial charge is 0.274 e. The predicted molar refractivity (Wildman–Crippen MR) is 79.3 cm³/mol. The van der Waals surface area contributed by atoms with Crippen molar-refractivity contribution in [2.75, 3.05) is 7.11 Å². The van der Waals surface area contributed by atoms with Crippen LogP contribution < -0.4 is 5.32 Å². The first-order chi connectivity index (χ1) is 10.2. The van der Waals surface area contributed by atoms with Gasteiger partial charge in [0.05, 0.1) is 12.1 Å². The van der Waals surface area contributed by atoms with E-state index in [0.29, 0.717) is 5.39 Å². The van der Waals surface area contributed by atoms with Crippen molar-refractivity contribution < 1.29 is 14.6 Å². The number of carbonyl (C=O) groups excluding carboxylic acids is 1. The number of pyridine rings is 1. The molecule has 1 aromatic heterocycles. The minimum Gasteiger partial charge on any atom is -0.505 e. The zero-order valence-corrected chi connectivity index (χ0v) is 11.9. The van der Waals surface area contributed by atoms with Crippen LogP contribution in [0.5, 0.6) is 5.75 Å². The molecular formula is C16H18N2O3. The second-order valence-corrected chi connectivity index (χ2v) is 5.33. The number of amides is 1. The van der Waals surface area contributed by atoms with Crippen LogP contribution in [-0.4, -0.2) is 35.3 Å². The van der Waals surface area contributed by atoms with Crippen LogP contribution in [0.1, 0.15) is 29.8 Å². The largest absolute Gasteiger partial charge is 0.505 e. The van der Waals surface area contributed by atoms with E-state index in [2.05, 4.69) is 10.3 Å². The Morgan fingerprint density at radius 3 is 3.00 bits per heavy atom. The highest BCUT2D eigenvalue weighted by Gasteiger charge is 2.29. The van der Waals surface area contributed by atoms with Crippen LogP contribution in [0.4, 0.5) is 0 Å². The van der Waals surface area contributed by atoms with Gasteiger partial charge in [0.1, 0.15) is 0 Å². The first kappa shape index (κ1) is 13.8. The molecule has 0 unspecified atom stereocenters. The van der Waals surface area contributed by atoms with Gasteiger partial charge in [-0.05, 0) is 19.3 Å². The number of aromatic hydroxyl groups is 1. The predicted octanol–water partition coefficient (Wildman–Crippen LogP) is 2.24. The van der Waals surface area contributed by atoms with E-state index < -0.39 is 0 Å². The maximum absolute atomic E-state index is 12.3. The summed E-state index contributed by atoms with van der Waals surface area (Å²) in [6.45, 7) is 0. The van der Waals surface area contributed by atoms with Crippen molar-refractivity contribution in [3.63, 3.8) is 0 Å². The molecule has 0 aliphatic heterocycles. The molecule has 5 heteroatoms. The van der Waals surface area contributed by atoms with Gasteiger partial charge in [-0.2, -0.15) is 0 Å². The molecule has 3 rings (SSSR count). The lowest BCUT2D eigenvalue weighted by Gasteiger charge is -2.19. The van der Waals surface area contributed by atoms with Crippen LogP contribution in [0.2, 0.25) is 0 Å². The van der Waals surface area contributed by atoms with Gasteiger partial charge in [0.15, 0.2) is 11.4 Å². The van der Waals surface area contributed by atoms with Crippen molar-refractivity contribution in [2.45, 2.75) is 31.4 Å². The lowest BCUT2D eigenvalue weighted by molar-refractivity contribution is 0.0718. The van der Waals surface area contributed by atoms with Crippen LogP contribution in [0, 0.1) is 0 Å². The monoisotopic (exact) mass is 286 g/mol. The van der Waals surface area contributed by atoms with E-state index in [1.807, 2.05) is 18.2 Å². The van der Waals surface area contributed by atoms with Gasteiger partial charge in [-0.25, -0.2) is 4.98 Å². The second-order valence-electron chi connectivity index (χ2n) is 5.33. The molecule has 1 fully saturated rings. The number of nitrogens with zero attached hydrogens (tertiary/aromatic N) is 1. The summed E-state index contributed by atoms with van der Waals surface area (Å²) in [5, 5.41) is 14.6. The zero-order valence-electron chi connectivity index (χ0n) is 11.9. The molecule has 0 spiro atoms. The zero-order chi connectivity index (χ0) is 14.8. The molecule has 110 valence electrons. The molecule has 0 radical (unpaired) electrons. The van der Waals surface area contributed by atoms with Crippen LogP contribution in [0.25, 0.3) is 10.8 Å². The number of ether oxygens (including phenoxy) is 1. The average Bonchev–Trinajstić information content (AvgIpc) is 2.95. The Morgan fingerprint density at radius 1 is 1.38 bits per heavy atom. The van der Waals surface area contributed by atoms with Crippen LogP contribution >= 0.6 is 0 Å². The number of benzene rings is 1. The quantitative estimate of drug-likeness (QED) is 0.907. The van der Waals surface area contributed by atoms with Crippen molar-refractivity contribution in [3.8, 4) is 5.75 Å². The van der Waals surface area contributed by atoms with E-state index in [4.69, 9.17) is 4.74 Å². The fourth-order valence-electron chi connectivity index (χ4n) is 2.92. The fourth-order valence-corrected chi connectivity index (χ4v) is 2.92. The van der Waals surface area contributed by atoms with Crippen molar-refractivity contribution in [2.24, 2.45) is 0 Å². The Labute approximate surface area is 123 Å². The molecule has 1 aromatic carbocycles. The van der Waals surface area contributed by atoms with Gasteiger partial charge in [0.2, 0.25) is 0 Å². The number of rotatable bonds is 3. The molecule has 5 nitrogen and oxygen atoms in total. The molecule has 1 amide bonds. The third-order valence-corrected chi connectivity index (χ3v) is 4.06. The average molecular weight is 286 g/mol. The Morgan fingerprint density at radius 2 is 2.19 bits per heavy atom. The first-order valence-electron chi connectivity index (χ1n) is 7.11. The summed E-state index contributed by atoms with van der Waals surface area (Å²) in [4.78, 5) is 16.4. The van der Waals surface area contributed by atoms with Crippen molar-refractivity contribution in [1.82, 2.24) is 10.3 Å². The standard InChI is InChI=1S/C16H18N2O3/c1-21-13-8-4-7-12(13)18-16(20)14-15(19)11-6-3-2-5-10(11)9-17-14/h2-3,5-6,9,12-13,19H,4,7-8H2,1H3,(H,18,20)/t12-,13-/m1/s1. The molecule has 1 aliphatic rings. The maximum Gasteiger partial charge on any atom is 0.274 e. The Bertz CT molecular complexity index is 672. The molecule has 1 heterocycles. The number of carbonyl (C=O) groups is 1. The summed E-state index contributed by atoms with van der Waals surface area (Å²) >= 11 is 0. The Hall–Kier alpha value is -2.14. The molecule has 2 aromatic rings. The van der Waals surface area contributed by atoms with Crippen LogP contribution in [0.15, 0.2) is 30.5 Å². The number of nitrogens with one attached hydrogen (secondary N) is 1. The molecule has 2 N–H and O–H groups in total. The first-order valence-corrected chi connectivity index (χ1v) is 7.11. The number of fused-ring (bicyclic) bond motifs is 1. The normalized spacial score (nSPS) is 21.6. The van der Waals surface area contributed by atoms with Crippen LogP contribution in [-0.2, 0) is 4.74 Å². The lowest BCUT2D eigenvalue weighted by Crippen LogP contribution is -2.41. The SMILES string of the molecule is CO[C@@H]1CCC[C@H]1NC(=O)c1ncc2ccccc2c1O. The Kier molecular flexibility index (Phi) is 3.75. The highest BCUT2D eigenvalue weighted by molar-refractivity contribution is 6.01. The summed E-state index contributed by atoms with van der Waals surface area (Å²) < 4.78 is 5.36.